The predicted molar refractivity (Wildman–Crippen MR) is 59.4 cm³/mol. The Hall–Kier alpha value is 0.170. The minimum absolute atomic E-state index is 0.258. The van der Waals surface area contributed by atoms with Gasteiger partial charge in [0.1, 0.15) is 0 Å². The average Bonchev–Trinajstić information content (AvgIpc) is 2.37. The molecule has 0 atom stereocenters. The Morgan fingerprint density at radius 2 is 1.42 bits per heavy atom. The molecule has 1 rings (SSSR count). The third kappa shape index (κ3) is 2.33. The molecule has 12 heavy (non-hydrogen) atoms. The van der Waals surface area contributed by atoms with Gasteiger partial charge in [-0.2, -0.15) is 0 Å². The smallest absolute Gasteiger partial charge is 0.0135 e. The maximum atomic E-state index is 2.39. The van der Waals surface area contributed by atoms with E-state index in [0.717, 1.165) is 17.0 Å². The van der Waals surface area contributed by atoms with Crippen LogP contribution in [0.2, 0.25) is 0 Å². The van der Waals surface area contributed by atoms with Crippen molar-refractivity contribution in [3.63, 3.8) is 0 Å². The Labute approximate surface area is 78.2 Å². The normalized spacial score (nSPS) is 18.9. The molecule has 0 N–H and O–H groups in total. The molecule has 0 nitrogen and oxygen atoms in total. The molecule has 1 aliphatic carbocycles. The van der Waals surface area contributed by atoms with Crippen LogP contribution in [0.15, 0.2) is 12.2 Å². The van der Waals surface area contributed by atoms with Crippen molar-refractivity contribution < 1.29 is 0 Å². The molecule has 0 heterocycles. The first-order chi connectivity index (χ1) is 5.63. The van der Waals surface area contributed by atoms with Crippen molar-refractivity contribution in [1.29, 1.82) is 0 Å². The Bertz CT molecular complexity index is 142. The van der Waals surface area contributed by atoms with E-state index in [9.17, 15) is 0 Å². The summed E-state index contributed by atoms with van der Waals surface area (Å²) in [5, 5.41) is 0. The number of hydrogen-bond donors (Lipinski definition) is 0. The van der Waals surface area contributed by atoms with E-state index in [4.69, 9.17) is 0 Å². The number of allylic oxidation sites excluding steroid dienone is 2. The molecule has 1 aliphatic rings. The maximum absolute atomic E-state index is 2.39. The summed E-state index contributed by atoms with van der Waals surface area (Å²) < 4.78 is 0. The summed E-state index contributed by atoms with van der Waals surface area (Å²) in [5.41, 5.74) is 2.81. The van der Waals surface area contributed by atoms with E-state index in [2.05, 4.69) is 39.8 Å². The highest BCUT2D eigenvalue weighted by molar-refractivity contribution is 7.59. The van der Waals surface area contributed by atoms with Crippen LogP contribution in [0.3, 0.4) is 0 Å². The molecule has 0 amide bonds. The van der Waals surface area contributed by atoms with Gasteiger partial charge in [-0.3, -0.25) is 0 Å². The van der Waals surface area contributed by atoms with Crippen molar-refractivity contribution in [3.05, 3.63) is 12.2 Å². The van der Waals surface area contributed by atoms with Gasteiger partial charge in [0.2, 0.25) is 0 Å². The summed E-state index contributed by atoms with van der Waals surface area (Å²) in [6, 6.07) is 0. The molecular weight excluding hydrogens is 163 g/mol. The molecule has 0 spiro atoms. The minimum Gasteiger partial charge on any atom is -0.0976 e. The molecule has 0 aromatic rings. The van der Waals surface area contributed by atoms with Gasteiger partial charge in [-0.15, -0.1) is 0 Å². The fourth-order valence-electron chi connectivity index (χ4n) is 2.29. The zero-order valence-electron chi connectivity index (χ0n) is 8.75. The summed E-state index contributed by atoms with van der Waals surface area (Å²) >= 11 is 0. The molecular formula is C11H21P. The van der Waals surface area contributed by atoms with Crippen molar-refractivity contribution in [2.45, 2.75) is 57.5 Å². The Balaban J connectivity index is 2.53. The molecule has 70 valence electrons. The van der Waals surface area contributed by atoms with E-state index in [-0.39, 0.29) is 7.92 Å². The fourth-order valence-corrected chi connectivity index (χ4v) is 5.90. The lowest BCUT2D eigenvalue weighted by Crippen LogP contribution is -2.14. The first kappa shape index (κ1) is 10.3. The minimum atomic E-state index is 0.258. The topological polar surface area (TPSA) is 0 Å². The van der Waals surface area contributed by atoms with Crippen LogP contribution >= 0.6 is 7.92 Å². The van der Waals surface area contributed by atoms with Crippen LogP contribution < -0.4 is 0 Å². The van der Waals surface area contributed by atoms with Crippen molar-refractivity contribution in [2.24, 2.45) is 0 Å². The van der Waals surface area contributed by atoms with Crippen molar-refractivity contribution in [2.75, 3.05) is 0 Å². The van der Waals surface area contributed by atoms with Crippen LogP contribution in [-0.2, 0) is 0 Å². The first-order valence-corrected chi connectivity index (χ1v) is 6.60. The van der Waals surface area contributed by atoms with Crippen LogP contribution in [0, 0.1) is 0 Å². The molecule has 0 aliphatic heterocycles. The quantitative estimate of drug-likeness (QED) is 0.459. The van der Waals surface area contributed by atoms with Crippen molar-refractivity contribution in [1.82, 2.24) is 0 Å². The van der Waals surface area contributed by atoms with Crippen LogP contribution in [0.1, 0.15) is 40.5 Å². The number of hydrogen-bond acceptors (Lipinski definition) is 0. The van der Waals surface area contributed by atoms with Gasteiger partial charge in [-0.25, -0.2) is 0 Å². The molecule has 0 bridgehead atoms. The lowest BCUT2D eigenvalue weighted by atomic mass is 10.3. The van der Waals surface area contributed by atoms with Gasteiger partial charge in [0.25, 0.3) is 0 Å². The van der Waals surface area contributed by atoms with Crippen LogP contribution in [0.4, 0.5) is 0 Å². The largest absolute Gasteiger partial charge is 0.0976 e. The molecule has 0 aromatic carbocycles. The summed E-state index contributed by atoms with van der Waals surface area (Å²) in [6.07, 6.45) is 7.43. The van der Waals surface area contributed by atoms with E-state index >= 15 is 0 Å². The van der Waals surface area contributed by atoms with Gasteiger partial charge < -0.3 is 0 Å². The molecule has 0 radical (unpaired) electrons. The van der Waals surface area contributed by atoms with Crippen LogP contribution in [0.5, 0.6) is 0 Å². The maximum Gasteiger partial charge on any atom is -0.0135 e. The van der Waals surface area contributed by atoms with E-state index in [1.165, 1.54) is 12.8 Å². The molecule has 1 heteroatoms. The summed E-state index contributed by atoms with van der Waals surface area (Å²) in [7, 11) is 0.258. The molecule has 0 saturated carbocycles. The molecule has 0 saturated heterocycles. The van der Waals surface area contributed by atoms with Crippen LogP contribution in [0.25, 0.3) is 0 Å². The average molecular weight is 184 g/mol. The first-order valence-electron chi connectivity index (χ1n) is 5.05. The standard InChI is InChI=1S/C11H21P/c1-9(2)12(10(3)4)11-7-5-6-8-11/h5-6,9-11H,7-8H2,1-4H3. The highest BCUT2D eigenvalue weighted by Crippen LogP contribution is 2.54. The lowest BCUT2D eigenvalue weighted by Gasteiger charge is -2.31. The second-order valence-corrected chi connectivity index (χ2v) is 7.92. The Morgan fingerprint density at radius 3 is 1.75 bits per heavy atom. The second kappa shape index (κ2) is 4.42. The van der Waals surface area contributed by atoms with E-state index in [1.807, 2.05) is 0 Å². The van der Waals surface area contributed by atoms with Crippen molar-refractivity contribution >= 4 is 7.92 Å². The summed E-state index contributed by atoms with van der Waals surface area (Å²) in [4.78, 5) is 0. The Kier molecular flexibility index (Phi) is 3.77. The predicted octanol–water partition coefficient (Wildman–Crippen LogP) is 4.00. The van der Waals surface area contributed by atoms with Crippen LogP contribution in [-0.4, -0.2) is 17.0 Å². The monoisotopic (exact) mass is 184 g/mol. The summed E-state index contributed by atoms with van der Waals surface area (Å²) in [6.45, 7) is 9.57. The molecule has 0 fully saturated rings. The highest BCUT2D eigenvalue weighted by Gasteiger charge is 2.26. The molecule has 0 aromatic heterocycles. The fraction of sp³-hybridized carbons (Fsp3) is 0.818. The van der Waals surface area contributed by atoms with Gasteiger partial charge in [-0.05, 0) is 29.8 Å². The molecule has 0 unspecified atom stereocenters. The van der Waals surface area contributed by atoms with E-state index in [0.29, 0.717) is 0 Å². The SMILES string of the molecule is CC(C)P(C(C)C)C1CC=CC1. The third-order valence-corrected chi connectivity index (χ3v) is 6.25. The second-order valence-electron chi connectivity index (χ2n) is 4.23. The lowest BCUT2D eigenvalue weighted by molar-refractivity contribution is 0.876. The zero-order valence-corrected chi connectivity index (χ0v) is 9.64. The van der Waals surface area contributed by atoms with Gasteiger partial charge >= 0.3 is 0 Å². The van der Waals surface area contributed by atoms with Gasteiger partial charge in [0.05, 0.1) is 0 Å². The number of rotatable bonds is 3. The van der Waals surface area contributed by atoms with Gasteiger partial charge in [-0.1, -0.05) is 47.8 Å². The van der Waals surface area contributed by atoms with Crippen molar-refractivity contribution in [3.8, 4) is 0 Å². The van der Waals surface area contributed by atoms with E-state index in [1.54, 1.807) is 0 Å². The van der Waals surface area contributed by atoms with E-state index < -0.39 is 0 Å². The highest BCUT2D eigenvalue weighted by atomic mass is 31.1. The van der Waals surface area contributed by atoms with Gasteiger partial charge in [0, 0.05) is 0 Å². The zero-order chi connectivity index (χ0) is 9.14. The third-order valence-electron chi connectivity index (χ3n) is 2.60. The Morgan fingerprint density at radius 1 is 1.00 bits per heavy atom. The van der Waals surface area contributed by atoms with Gasteiger partial charge in [0.15, 0.2) is 0 Å². The summed E-state index contributed by atoms with van der Waals surface area (Å²) in [5.74, 6) is 0.